The highest BCUT2D eigenvalue weighted by atomic mass is 32.2. The number of halogens is 1. The monoisotopic (exact) mass is 447 g/mol. The predicted octanol–water partition coefficient (Wildman–Crippen LogP) is 2.77. The number of likely N-dealkylation sites (tertiary alicyclic amines) is 1. The summed E-state index contributed by atoms with van der Waals surface area (Å²) in [4.78, 5) is 28.1. The Hall–Kier alpha value is -2.78. The molecule has 2 aromatic rings. The van der Waals surface area contributed by atoms with Crippen LogP contribution in [0.5, 0.6) is 0 Å². The van der Waals surface area contributed by atoms with Crippen LogP contribution in [0.2, 0.25) is 0 Å². The summed E-state index contributed by atoms with van der Waals surface area (Å²) in [6.07, 6.45) is 1.22. The first-order valence-electron chi connectivity index (χ1n) is 10.2. The lowest BCUT2D eigenvalue weighted by atomic mass is 9.99. The van der Waals surface area contributed by atoms with Crippen molar-refractivity contribution in [2.75, 3.05) is 13.1 Å². The molecule has 1 fully saturated rings. The van der Waals surface area contributed by atoms with Crippen molar-refractivity contribution in [3.8, 4) is 11.1 Å². The van der Waals surface area contributed by atoms with Gasteiger partial charge in [-0.05, 0) is 48.6 Å². The second-order valence-electron chi connectivity index (χ2n) is 7.58. The van der Waals surface area contributed by atoms with E-state index in [1.165, 1.54) is 11.0 Å². The van der Waals surface area contributed by atoms with Crippen LogP contribution in [0.3, 0.4) is 0 Å². The van der Waals surface area contributed by atoms with Crippen molar-refractivity contribution in [1.82, 2.24) is 15.2 Å². The van der Waals surface area contributed by atoms with Gasteiger partial charge >= 0.3 is 0 Å². The van der Waals surface area contributed by atoms with Gasteiger partial charge in [0.25, 0.3) is 5.91 Å². The molecule has 0 spiro atoms. The van der Waals surface area contributed by atoms with Crippen molar-refractivity contribution in [1.29, 1.82) is 0 Å². The molecule has 0 saturated carbocycles. The summed E-state index contributed by atoms with van der Waals surface area (Å²) in [7, 11) is -3.94. The molecule has 1 heterocycles. The Balaban J connectivity index is 1.74. The average Bonchev–Trinajstić information content (AvgIpc) is 2.79. The molecule has 0 bridgehead atoms. The summed E-state index contributed by atoms with van der Waals surface area (Å²) in [5, 5.41) is -0.848. The number of carbonyl (C=O) groups is 2. The zero-order valence-corrected chi connectivity index (χ0v) is 18.3. The lowest BCUT2D eigenvalue weighted by Gasteiger charge is -2.32. The van der Waals surface area contributed by atoms with E-state index < -0.39 is 27.0 Å². The first-order chi connectivity index (χ1) is 14.7. The molecule has 31 heavy (non-hydrogen) atoms. The maximum Gasteiger partial charge on any atom is 0.269 e. The third-order valence-electron chi connectivity index (χ3n) is 5.39. The summed E-state index contributed by atoms with van der Waals surface area (Å²) in [5.41, 5.74) is 3.59. The lowest BCUT2D eigenvalue weighted by molar-refractivity contribution is -0.131. The van der Waals surface area contributed by atoms with Gasteiger partial charge in [-0.15, -0.1) is 4.83 Å². The number of piperidine rings is 1. The molecule has 1 aliphatic rings. The summed E-state index contributed by atoms with van der Waals surface area (Å²) in [5.74, 6) is -1.72. The number of nitrogens with zero attached hydrogens (tertiary/aromatic N) is 1. The number of hydrogen-bond acceptors (Lipinski definition) is 4. The van der Waals surface area contributed by atoms with E-state index in [0.29, 0.717) is 31.4 Å². The first kappa shape index (κ1) is 22.9. The zero-order chi connectivity index (χ0) is 22.6. The molecular formula is C22H26FN3O4S. The van der Waals surface area contributed by atoms with Crippen molar-refractivity contribution in [3.05, 3.63) is 59.4 Å². The van der Waals surface area contributed by atoms with Crippen LogP contribution in [0.4, 0.5) is 4.39 Å². The van der Waals surface area contributed by atoms with Gasteiger partial charge in [0, 0.05) is 19.5 Å². The van der Waals surface area contributed by atoms with Crippen LogP contribution in [0.15, 0.2) is 42.5 Å². The van der Waals surface area contributed by atoms with Gasteiger partial charge in [-0.2, -0.15) is 0 Å². The Bertz CT molecular complexity index is 1070. The van der Waals surface area contributed by atoms with E-state index in [4.69, 9.17) is 0 Å². The van der Waals surface area contributed by atoms with E-state index in [0.717, 1.165) is 5.56 Å². The summed E-state index contributed by atoms with van der Waals surface area (Å²) < 4.78 is 39.9. The van der Waals surface area contributed by atoms with E-state index in [-0.39, 0.29) is 23.6 Å². The zero-order valence-electron chi connectivity index (χ0n) is 17.5. The van der Waals surface area contributed by atoms with Crippen LogP contribution in [0.25, 0.3) is 11.1 Å². The fourth-order valence-electron chi connectivity index (χ4n) is 3.64. The molecule has 2 aromatic carbocycles. The molecule has 1 saturated heterocycles. The third-order valence-corrected chi connectivity index (χ3v) is 7.03. The highest BCUT2D eigenvalue weighted by molar-refractivity contribution is 7.90. The van der Waals surface area contributed by atoms with Crippen LogP contribution in [0.1, 0.15) is 42.1 Å². The molecule has 7 nitrogen and oxygen atoms in total. The fourth-order valence-corrected chi connectivity index (χ4v) is 4.90. The van der Waals surface area contributed by atoms with Crippen LogP contribution >= 0.6 is 0 Å². The van der Waals surface area contributed by atoms with Gasteiger partial charge in [-0.25, -0.2) is 12.8 Å². The Labute approximate surface area is 181 Å². The van der Waals surface area contributed by atoms with E-state index in [9.17, 15) is 22.4 Å². The third kappa shape index (κ3) is 5.29. The molecule has 9 heteroatoms. The van der Waals surface area contributed by atoms with E-state index in [1.807, 2.05) is 30.3 Å². The van der Waals surface area contributed by atoms with Gasteiger partial charge in [-0.1, -0.05) is 37.3 Å². The van der Waals surface area contributed by atoms with Crippen LogP contribution in [-0.2, 0) is 14.8 Å². The lowest BCUT2D eigenvalue weighted by Crippen LogP contribution is -2.52. The smallest absolute Gasteiger partial charge is 0.269 e. The second kappa shape index (κ2) is 9.57. The fraction of sp³-hybridized carbons (Fsp3) is 0.364. The summed E-state index contributed by atoms with van der Waals surface area (Å²) in [6, 6.07) is 12.2. The van der Waals surface area contributed by atoms with Gasteiger partial charge in [0.1, 0.15) is 5.82 Å². The molecule has 0 radical (unpaired) electrons. The number of nitrogens with one attached hydrogen (secondary N) is 2. The van der Waals surface area contributed by atoms with Crippen LogP contribution in [-0.4, -0.2) is 43.5 Å². The van der Waals surface area contributed by atoms with E-state index >= 15 is 0 Å². The highest BCUT2D eigenvalue weighted by Gasteiger charge is 2.32. The molecule has 2 N–H and O–H groups in total. The van der Waals surface area contributed by atoms with Crippen LogP contribution < -0.4 is 10.3 Å². The first-order valence-corrected chi connectivity index (χ1v) is 11.7. The van der Waals surface area contributed by atoms with Gasteiger partial charge in [0.15, 0.2) is 0 Å². The van der Waals surface area contributed by atoms with Gasteiger partial charge < -0.3 is 4.90 Å². The number of aryl methyl sites for hydroxylation is 1. The van der Waals surface area contributed by atoms with Crippen molar-refractivity contribution in [2.24, 2.45) is 0 Å². The number of carbonyl (C=O) groups excluding carboxylic acids is 2. The molecule has 3 rings (SSSR count). The number of benzene rings is 2. The minimum atomic E-state index is -3.94. The second-order valence-corrected chi connectivity index (χ2v) is 9.54. The Morgan fingerprint density at radius 1 is 1.16 bits per heavy atom. The molecule has 1 unspecified atom stereocenters. The predicted molar refractivity (Wildman–Crippen MR) is 116 cm³/mol. The molecule has 1 atom stereocenters. The number of hydrazine groups is 1. The average molecular weight is 448 g/mol. The Morgan fingerprint density at radius 2 is 1.87 bits per heavy atom. The Kier molecular flexibility index (Phi) is 7.07. The largest absolute Gasteiger partial charge is 0.341 e. The summed E-state index contributed by atoms with van der Waals surface area (Å²) in [6.45, 7) is 3.85. The van der Waals surface area contributed by atoms with E-state index in [2.05, 4.69) is 10.3 Å². The maximum absolute atomic E-state index is 14.6. The molecule has 0 aromatic heterocycles. The van der Waals surface area contributed by atoms with Gasteiger partial charge in [-0.3, -0.25) is 15.0 Å². The number of sulfonamides is 1. The standard InChI is InChI=1S/C22H26FN3O4S/c1-3-20(27)26-11-7-10-18(14-26)31(29,30)25-24-22(28)19-13-17(12-15(2)21(19)23)16-8-5-4-6-9-16/h4-6,8-9,12-13,18,25H,3,7,10-11,14H2,1-2H3,(H,24,28). The van der Waals surface area contributed by atoms with Gasteiger partial charge in [0.2, 0.25) is 15.9 Å². The van der Waals surface area contributed by atoms with Crippen molar-refractivity contribution in [2.45, 2.75) is 38.4 Å². The minimum Gasteiger partial charge on any atom is -0.341 e. The minimum absolute atomic E-state index is 0.0643. The molecule has 2 amide bonds. The number of amides is 2. The molecule has 1 aliphatic heterocycles. The van der Waals surface area contributed by atoms with Crippen LogP contribution in [0, 0.1) is 12.7 Å². The molecular weight excluding hydrogens is 421 g/mol. The summed E-state index contributed by atoms with van der Waals surface area (Å²) >= 11 is 0. The maximum atomic E-state index is 14.6. The number of hydrogen-bond donors (Lipinski definition) is 2. The van der Waals surface area contributed by atoms with Gasteiger partial charge in [0.05, 0.1) is 10.8 Å². The number of rotatable bonds is 6. The van der Waals surface area contributed by atoms with Crippen molar-refractivity contribution < 1.29 is 22.4 Å². The quantitative estimate of drug-likeness (QED) is 0.666. The molecule has 0 aliphatic carbocycles. The highest BCUT2D eigenvalue weighted by Crippen LogP contribution is 2.25. The van der Waals surface area contributed by atoms with Crippen molar-refractivity contribution in [3.63, 3.8) is 0 Å². The van der Waals surface area contributed by atoms with E-state index in [1.54, 1.807) is 19.9 Å². The topological polar surface area (TPSA) is 95.6 Å². The Morgan fingerprint density at radius 3 is 2.55 bits per heavy atom. The SMILES string of the molecule is CCC(=O)N1CCCC(S(=O)(=O)NNC(=O)c2cc(-c3ccccc3)cc(C)c2F)C1. The molecule has 166 valence electrons. The normalized spacial score (nSPS) is 16.7. The van der Waals surface area contributed by atoms with Crippen molar-refractivity contribution >= 4 is 21.8 Å².